The maximum atomic E-state index is 11.2. The van der Waals surface area contributed by atoms with Crippen molar-refractivity contribution in [3.05, 3.63) is 0 Å². The Kier molecular flexibility index (Phi) is 4.50. The summed E-state index contributed by atoms with van der Waals surface area (Å²) in [4.78, 5) is 23.1. The van der Waals surface area contributed by atoms with Crippen molar-refractivity contribution in [2.24, 2.45) is 5.92 Å². The van der Waals surface area contributed by atoms with Gasteiger partial charge in [-0.05, 0) is 20.8 Å². The zero-order chi connectivity index (χ0) is 8.85. The summed E-state index contributed by atoms with van der Waals surface area (Å²) >= 11 is 0. The minimum absolute atomic E-state index is 0.0787. The van der Waals surface area contributed by atoms with Crippen molar-refractivity contribution in [1.82, 2.24) is 4.90 Å². The highest BCUT2D eigenvalue weighted by atomic mass is 16.2. The molecule has 0 saturated carbocycles. The fourth-order valence-corrected chi connectivity index (χ4v) is 0.881. The van der Waals surface area contributed by atoms with Gasteiger partial charge in [0, 0.05) is 13.1 Å². The fourth-order valence-electron chi connectivity index (χ4n) is 0.881. The van der Waals surface area contributed by atoms with Crippen LogP contribution in [0.1, 0.15) is 20.8 Å². The van der Waals surface area contributed by atoms with Gasteiger partial charge in [0.25, 0.3) is 0 Å². The number of nitrogens with zero attached hydrogens (tertiary/aromatic N) is 1. The molecule has 0 N–H and O–H groups in total. The minimum atomic E-state index is -0.491. The van der Waals surface area contributed by atoms with Gasteiger partial charge in [-0.25, -0.2) is 0 Å². The summed E-state index contributed by atoms with van der Waals surface area (Å²) in [6.45, 7) is 6.77. The molecule has 3 nitrogen and oxygen atoms in total. The SMILES string of the molecule is CCN(CC)C(=O)C(C)C=O. The van der Waals surface area contributed by atoms with Gasteiger partial charge in [0.2, 0.25) is 5.91 Å². The third-order valence-electron chi connectivity index (χ3n) is 1.67. The highest BCUT2D eigenvalue weighted by Gasteiger charge is 2.16. The first-order chi connectivity index (χ1) is 5.17. The molecule has 0 fully saturated rings. The quantitative estimate of drug-likeness (QED) is 0.444. The number of carbonyl (C=O) groups excluding carboxylic acids is 2. The van der Waals surface area contributed by atoms with Gasteiger partial charge in [-0.15, -0.1) is 0 Å². The van der Waals surface area contributed by atoms with Crippen LogP contribution >= 0.6 is 0 Å². The zero-order valence-corrected chi connectivity index (χ0v) is 7.33. The predicted molar refractivity (Wildman–Crippen MR) is 43.2 cm³/mol. The monoisotopic (exact) mass is 157 g/mol. The third-order valence-corrected chi connectivity index (χ3v) is 1.67. The Hall–Kier alpha value is -0.860. The van der Waals surface area contributed by atoms with Gasteiger partial charge < -0.3 is 9.69 Å². The molecule has 1 unspecified atom stereocenters. The first-order valence-corrected chi connectivity index (χ1v) is 3.91. The van der Waals surface area contributed by atoms with Gasteiger partial charge in [0.15, 0.2) is 0 Å². The second-order valence-electron chi connectivity index (χ2n) is 2.44. The molecule has 0 aromatic carbocycles. The van der Waals surface area contributed by atoms with Crippen molar-refractivity contribution in [1.29, 1.82) is 0 Å². The molecule has 0 radical (unpaired) electrons. The van der Waals surface area contributed by atoms with Crippen LogP contribution in [0.25, 0.3) is 0 Å². The van der Waals surface area contributed by atoms with Crippen molar-refractivity contribution in [2.75, 3.05) is 13.1 Å². The highest BCUT2D eigenvalue weighted by Crippen LogP contribution is 1.98. The lowest BCUT2D eigenvalue weighted by Crippen LogP contribution is -2.35. The van der Waals surface area contributed by atoms with Crippen LogP contribution in [0.4, 0.5) is 0 Å². The van der Waals surface area contributed by atoms with E-state index in [1.54, 1.807) is 11.8 Å². The van der Waals surface area contributed by atoms with Crippen LogP contribution in [0.3, 0.4) is 0 Å². The van der Waals surface area contributed by atoms with Crippen LogP contribution < -0.4 is 0 Å². The normalized spacial score (nSPS) is 12.3. The minimum Gasteiger partial charge on any atom is -0.343 e. The summed E-state index contributed by atoms with van der Waals surface area (Å²) < 4.78 is 0. The fraction of sp³-hybridized carbons (Fsp3) is 0.750. The van der Waals surface area contributed by atoms with Crippen molar-refractivity contribution < 1.29 is 9.59 Å². The van der Waals surface area contributed by atoms with Crippen molar-refractivity contribution in [2.45, 2.75) is 20.8 Å². The molecule has 0 saturated heterocycles. The van der Waals surface area contributed by atoms with Crippen molar-refractivity contribution in [3.8, 4) is 0 Å². The Morgan fingerprint density at radius 1 is 1.45 bits per heavy atom. The number of hydrogen-bond donors (Lipinski definition) is 0. The largest absolute Gasteiger partial charge is 0.343 e. The van der Waals surface area contributed by atoms with Gasteiger partial charge in [-0.3, -0.25) is 4.79 Å². The summed E-state index contributed by atoms with van der Waals surface area (Å²) in [5.74, 6) is -0.570. The molecule has 0 aromatic heterocycles. The summed E-state index contributed by atoms with van der Waals surface area (Å²) in [5, 5.41) is 0. The lowest BCUT2D eigenvalue weighted by Gasteiger charge is -2.19. The standard InChI is InChI=1S/C8H15NO2/c1-4-9(5-2)8(11)7(3)6-10/h6-7H,4-5H2,1-3H3. The predicted octanol–water partition coefficient (Wildman–Crippen LogP) is 0.690. The third kappa shape index (κ3) is 2.70. The maximum Gasteiger partial charge on any atom is 0.232 e. The van der Waals surface area contributed by atoms with E-state index in [-0.39, 0.29) is 5.91 Å². The molecular formula is C8H15NO2. The maximum absolute atomic E-state index is 11.2. The van der Waals surface area contributed by atoms with Crippen LogP contribution in [0.5, 0.6) is 0 Å². The lowest BCUT2D eigenvalue weighted by atomic mass is 10.2. The summed E-state index contributed by atoms with van der Waals surface area (Å²) in [7, 11) is 0. The van der Waals surface area contributed by atoms with Crippen LogP contribution in [0.2, 0.25) is 0 Å². The van der Waals surface area contributed by atoms with E-state index in [4.69, 9.17) is 0 Å². The van der Waals surface area contributed by atoms with Gasteiger partial charge >= 0.3 is 0 Å². The topological polar surface area (TPSA) is 37.4 Å². The smallest absolute Gasteiger partial charge is 0.232 e. The summed E-state index contributed by atoms with van der Waals surface area (Å²) in [6, 6.07) is 0. The molecule has 3 heteroatoms. The Morgan fingerprint density at radius 3 is 2.18 bits per heavy atom. The molecule has 1 amide bonds. The van der Waals surface area contributed by atoms with Crippen LogP contribution in [-0.2, 0) is 9.59 Å². The first-order valence-electron chi connectivity index (χ1n) is 3.91. The molecule has 0 aromatic rings. The van der Waals surface area contributed by atoms with E-state index >= 15 is 0 Å². The van der Waals surface area contributed by atoms with Crippen LogP contribution in [0, 0.1) is 5.92 Å². The van der Waals surface area contributed by atoms with E-state index in [2.05, 4.69) is 0 Å². The zero-order valence-electron chi connectivity index (χ0n) is 7.33. The highest BCUT2D eigenvalue weighted by molar-refractivity contribution is 5.91. The van der Waals surface area contributed by atoms with Crippen LogP contribution in [-0.4, -0.2) is 30.2 Å². The average molecular weight is 157 g/mol. The van der Waals surface area contributed by atoms with E-state index in [1.807, 2.05) is 13.8 Å². The molecular weight excluding hydrogens is 142 g/mol. The lowest BCUT2D eigenvalue weighted by molar-refractivity contribution is -0.136. The molecule has 1 atom stereocenters. The second kappa shape index (κ2) is 4.88. The first kappa shape index (κ1) is 10.1. The summed E-state index contributed by atoms with van der Waals surface area (Å²) in [5.41, 5.74) is 0. The number of aldehydes is 1. The number of amides is 1. The van der Waals surface area contributed by atoms with E-state index in [0.29, 0.717) is 19.4 Å². The number of hydrogen-bond acceptors (Lipinski definition) is 2. The summed E-state index contributed by atoms with van der Waals surface area (Å²) in [6.07, 6.45) is 0.681. The Balaban J connectivity index is 4.08. The molecule has 0 spiro atoms. The Bertz CT molecular complexity index is 141. The average Bonchev–Trinajstić information content (AvgIpc) is 2.05. The van der Waals surface area contributed by atoms with E-state index in [9.17, 15) is 9.59 Å². The van der Waals surface area contributed by atoms with Crippen molar-refractivity contribution >= 4 is 12.2 Å². The molecule has 0 aliphatic carbocycles. The van der Waals surface area contributed by atoms with Crippen molar-refractivity contribution in [3.63, 3.8) is 0 Å². The molecule has 0 bridgehead atoms. The van der Waals surface area contributed by atoms with Gasteiger partial charge in [-0.2, -0.15) is 0 Å². The molecule has 11 heavy (non-hydrogen) atoms. The van der Waals surface area contributed by atoms with Gasteiger partial charge in [0.05, 0.1) is 5.92 Å². The molecule has 64 valence electrons. The molecule has 0 heterocycles. The molecule has 0 rings (SSSR count). The van der Waals surface area contributed by atoms with Gasteiger partial charge in [-0.1, -0.05) is 0 Å². The second-order valence-corrected chi connectivity index (χ2v) is 2.44. The van der Waals surface area contributed by atoms with Crippen LogP contribution in [0.15, 0.2) is 0 Å². The van der Waals surface area contributed by atoms with E-state index in [1.165, 1.54) is 0 Å². The number of carbonyl (C=O) groups is 2. The van der Waals surface area contributed by atoms with E-state index < -0.39 is 5.92 Å². The Labute approximate surface area is 67.4 Å². The number of rotatable bonds is 4. The molecule has 0 aliphatic heterocycles. The van der Waals surface area contributed by atoms with E-state index in [0.717, 1.165) is 0 Å². The molecule has 0 aliphatic rings. The Morgan fingerprint density at radius 2 is 1.91 bits per heavy atom. The van der Waals surface area contributed by atoms with Gasteiger partial charge in [0.1, 0.15) is 6.29 Å².